The van der Waals surface area contributed by atoms with Gasteiger partial charge in [0.1, 0.15) is 18.2 Å². The Morgan fingerprint density at radius 2 is 2.31 bits per heavy atom. The van der Waals surface area contributed by atoms with Gasteiger partial charge in [-0.15, -0.1) is 11.3 Å². The number of thiazole rings is 1. The molecule has 4 aromatic rings. The van der Waals surface area contributed by atoms with Crippen LogP contribution in [0.15, 0.2) is 41.2 Å². The van der Waals surface area contributed by atoms with Gasteiger partial charge in [0.15, 0.2) is 11.5 Å². The fourth-order valence-electron chi connectivity index (χ4n) is 2.40. The molecule has 0 spiro atoms. The van der Waals surface area contributed by atoms with Crippen LogP contribution in [0, 0.1) is 6.92 Å². The molecule has 0 saturated carbocycles. The van der Waals surface area contributed by atoms with Gasteiger partial charge >= 0.3 is 0 Å². The van der Waals surface area contributed by atoms with Gasteiger partial charge in [-0.2, -0.15) is 0 Å². The third kappa shape index (κ3) is 3.57. The summed E-state index contributed by atoms with van der Waals surface area (Å²) in [6.45, 7) is 2.43. The number of carbonyl (C=O) groups is 1. The fraction of sp³-hybridized carbons (Fsp3) is 0.176. The molecule has 132 valence electrons. The normalized spacial score (nSPS) is 11.0. The molecule has 0 aliphatic heterocycles. The molecule has 0 atom stereocenters. The van der Waals surface area contributed by atoms with Crippen molar-refractivity contribution in [2.75, 3.05) is 0 Å². The van der Waals surface area contributed by atoms with E-state index in [0.29, 0.717) is 17.3 Å². The first-order chi connectivity index (χ1) is 12.7. The number of hydrogen-bond donors (Lipinski definition) is 2. The minimum Gasteiger partial charge on any atom is -0.485 e. The van der Waals surface area contributed by atoms with Gasteiger partial charge in [-0.1, -0.05) is 5.16 Å². The number of carbonyl (C=O) groups excluding carboxylic acids is 1. The monoisotopic (exact) mass is 369 g/mol. The first-order valence-electron chi connectivity index (χ1n) is 7.89. The summed E-state index contributed by atoms with van der Waals surface area (Å²) in [5.74, 6) is 1.47. The maximum atomic E-state index is 12.1. The SMILES string of the molecule is Cc1nc2cc(OCc3cc(C(=O)NCc4ncc[nH]4)no3)ccc2s1. The summed E-state index contributed by atoms with van der Waals surface area (Å²) in [5.41, 5.74) is 1.10. The van der Waals surface area contributed by atoms with Crippen LogP contribution in [0.4, 0.5) is 0 Å². The number of aromatic nitrogens is 4. The minimum atomic E-state index is -0.337. The summed E-state index contributed by atoms with van der Waals surface area (Å²) in [7, 11) is 0. The van der Waals surface area contributed by atoms with Crippen molar-refractivity contribution in [1.29, 1.82) is 0 Å². The highest BCUT2D eigenvalue weighted by molar-refractivity contribution is 7.18. The predicted octanol–water partition coefficient (Wildman–Crippen LogP) is 2.82. The Bertz CT molecular complexity index is 1040. The minimum absolute atomic E-state index is 0.174. The van der Waals surface area contributed by atoms with Crippen LogP contribution < -0.4 is 10.1 Å². The third-order valence-electron chi connectivity index (χ3n) is 3.61. The molecule has 1 aromatic carbocycles. The van der Waals surface area contributed by atoms with Crippen LogP contribution in [0.2, 0.25) is 0 Å². The molecule has 0 bridgehead atoms. The largest absolute Gasteiger partial charge is 0.485 e. The van der Waals surface area contributed by atoms with Gasteiger partial charge in [0, 0.05) is 24.5 Å². The van der Waals surface area contributed by atoms with Gasteiger partial charge in [0.2, 0.25) is 0 Å². The first kappa shape index (κ1) is 16.3. The number of aromatic amines is 1. The molecule has 0 saturated heterocycles. The number of amides is 1. The summed E-state index contributed by atoms with van der Waals surface area (Å²) in [4.78, 5) is 23.4. The molecule has 3 aromatic heterocycles. The second-order valence-electron chi connectivity index (χ2n) is 5.55. The molecule has 0 aliphatic rings. The van der Waals surface area contributed by atoms with Crippen LogP contribution in [0.5, 0.6) is 5.75 Å². The lowest BCUT2D eigenvalue weighted by Gasteiger charge is -2.02. The Kier molecular flexibility index (Phi) is 4.36. The second-order valence-corrected chi connectivity index (χ2v) is 6.78. The van der Waals surface area contributed by atoms with Crippen molar-refractivity contribution in [3.8, 4) is 5.75 Å². The Hall–Kier alpha value is -3.20. The molecule has 0 fully saturated rings. The summed E-state index contributed by atoms with van der Waals surface area (Å²) in [6, 6.07) is 7.30. The number of benzene rings is 1. The molecule has 26 heavy (non-hydrogen) atoms. The molecule has 1 amide bonds. The van der Waals surface area contributed by atoms with E-state index in [0.717, 1.165) is 15.2 Å². The quantitative estimate of drug-likeness (QED) is 0.541. The second kappa shape index (κ2) is 6.96. The van der Waals surface area contributed by atoms with E-state index in [4.69, 9.17) is 9.26 Å². The van der Waals surface area contributed by atoms with Gasteiger partial charge in [0.05, 0.1) is 21.8 Å². The van der Waals surface area contributed by atoms with Crippen LogP contribution in [-0.4, -0.2) is 26.0 Å². The van der Waals surface area contributed by atoms with E-state index in [1.54, 1.807) is 29.8 Å². The zero-order valence-electron chi connectivity index (χ0n) is 13.9. The number of aryl methyl sites for hydroxylation is 1. The average molecular weight is 369 g/mol. The zero-order valence-corrected chi connectivity index (χ0v) is 14.7. The number of hydrogen-bond acceptors (Lipinski definition) is 7. The van der Waals surface area contributed by atoms with Crippen LogP contribution in [0.1, 0.15) is 27.1 Å². The number of imidazole rings is 1. The van der Waals surface area contributed by atoms with Crippen molar-refractivity contribution in [3.05, 3.63) is 58.9 Å². The van der Waals surface area contributed by atoms with E-state index >= 15 is 0 Å². The van der Waals surface area contributed by atoms with Crippen molar-refractivity contribution in [2.24, 2.45) is 0 Å². The molecule has 3 heterocycles. The Morgan fingerprint density at radius 1 is 1.38 bits per heavy atom. The van der Waals surface area contributed by atoms with E-state index in [1.165, 1.54) is 0 Å². The fourth-order valence-corrected chi connectivity index (χ4v) is 3.21. The number of ether oxygens (including phenoxy) is 1. The van der Waals surface area contributed by atoms with Crippen molar-refractivity contribution < 1.29 is 14.1 Å². The highest BCUT2D eigenvalue weighted by Gasteiger charge is 2.13. The van der Waals surface area contributed by atoms with Crippen molar-refractivity contribution in [2.45, 2.75) is 20.1 Å². The maximum Gasteiger partial charge on any atom is 0.273 e. The number of rotatable bonds is 6. The van der Waals surface area contributed by atoms with Crippen molar-refractivity contribution >= 4 is 27.5 Å². The lowest BCUT2D eigenvalue weighted by atomic mass is 10.3. The summed E-state index contributed by atoms with van der Waals surface area (Å²) in [5, 5.41) is 7.49. The molecular weight excluding hydrogens is 354 g/mol. The molecule has 0 aliphatic carbocycles. The Labute approximate surface area is 152 Å². The highest BCUT2D eigenvalue weighted by Crippen LogP contribution is 2.26. The van der Waals surface area contributed by atoms with Gasteiger partial charge < -0.3 is 19.6 Å². The lowest BCUT2D eigenvalue weighted by molar-refractivity contribution is 0.0940. The maximum absolute atomic E-state index is 12.1. The van der Waals surface area contributed by atoms with Gasteiger partial charge in [-0.05, 0) is 19.1 Å². The van der Waals surface area contributed by atoms with Gasteiger partial charge in [-0.25, -0.2) is 9.97 Å². The Balaban J connectivity index is 1.35. The van der Waals surface area contributed by atoms with E-state index in [9.17, 15) is 4.79 Å². The van der Waals surface area contributed by atoms with E-state index in [-0.39, 0.29) is 24.8 Å². The molecule has 8 nitrogen and oxygen atoms in total. The number of fused-ring (bicyclic) bond motifs is 1. The third-order valence-corrected chi connectivity index (χ3v) is 4.56. The smallest absolute Gasteiger partial charge is 0.273 e. The van der Waals surface area contributed by atoms with Crippen molar-refractivity contribution in [3.63, 3.8) is 0 Å². The van der Waals surface area contributed by atoms with Crippen LogP contribution in [0.25, 0.3) is 10.2 Å². The molecular formula is C17H15N5O3S. The number of nitrogens with zero attached hydrogens (tertiary/aromatic N) is 3. The van der Waals surface area contributed by atoms with Gasteiger partial charge in [0.25, 0.3) is 5.91 Å². The molecule has 2 N–H and O–H groups in total. The number of nitrogens with one attached hydrogen (secondary N) is 2. The first-order valence-corrected chi connectivity index (χ1v) is 8.71. The van der Waals surface area contributed by atoms with Crippen LogP contribution in [-0.2, 0) is 13.2 Å². The summed E-state index contributed by atoms with van der Waals surface area (Å²) in [6.07, 6.45) is 3.31. The molecule has 0 radical (unpaired) electrons. The van der Waals surface area contributed by atoms with E-state index < -0.39 is 0 Å². The van der Waals surface area contributed by atoms with Crippen molar-refractivity contribution in [1.82, 2.24) is 25.4 Å². The predicted molar refractivity (Wildman–Crippen MR) is 94.9 cm³/mol. The zero-order chi connectivity index (χ0) is 17.9. The Morgan fingerprint density at radius 3 is 3.15 bits per heavy atom. The van der Waals surface area contributed by atoms with Gasteiger partial charge in [-0.3, -0.25) is 4.79 Å². The van der Waals surface area contributed by atoms with E-state index in [2.05, 4.69) is 25.4 Å². The highest BCUT2D eigenvalue weighted by atomic mass is 32.1. The summed E-state index contributed by atoms with van der Waals surface area (Å²) < 4.78 is 12.0. The molecule has 4 rings (SSSR count). The molecule has 9 heteroatoms. The van der Waals surface area contributed by atoms with Crippen LogP contribution >= 0.6 is 11.3 Å². The lowest BCUT2D eigenvalue weighted by Crippen LogP contribution is -2.23. The standard InChI is InChI=1S/C17H15N5O3S/c1-10-21-13-6-11(2-3-15(13)26-10)24-9-12-7-14(22-25-12)17(23)20-8-16-18-4-5-19-16/h2-7H,8-9H2,1H3,(H,18,19)(H,20,23). The topological polar surface area (TPSA) is 106 Å². The molecule has 0 unspecified atom stereocenters. The average Bonchev–Trinajstić information content (AvgIpc) is 3.37. The number of H-pyrrole nitrogens is 1. The van der Waals surface area contributed by atoms with Crippen LogP contribution in [0.3, 0.4) is 0 Å². The van der Waals surface area contributed by atoms with E-state index in [1.807, 2.05) is 25.1 Å². The summed E-state index contributed by atoms with van der Waals surface area (Å²) >= 11 is 1.64.